The Labute approximate surface area is 255 Å². The Balaban J connectivity index is 2.62. The lowest BCUT2D eigenvalue weighted by molar-refractivity contribution is -0.143. The zero-order valence-corrected chi connectivity index (χ0v) is 26.7. The first-order valence-electron chi connectivity index (χ1n) is 14.7. The number of hydrogen-bond acceptors (Lipinski definition) is 6. The first-order chi connectivity index (χ1) is 20.1. The summed E-state index contributed by atoms with van der Waals surface area (Å²) in [6.45, 7) is 13.1. The van der Waals surface area contributed by atoms with E-state index in [1.165, 1.54) is 4.90 Å². The summed E-state index contributed by atoms with van der Waals surface area (Å²) in [5.74, 6) is -0.560. The number of alkyl carbamates (subject to hydrolysis) is 1. The van der Waals surface area contributed by atoms with Crippen LogP contribution in [0.2, 0.25) is 0 Å². The molecule has 0 aliphatic rings. The first kappa shape index (κ1) is 35.1. The number of nitrogens with zero attached hydrogens (tertiary/aromatic N) is 1. The maximum atomic E-state index is 14.5. The fourth-order valence-electron chi connectivity index (χ4n) is 4.65. The van der Waals surface area contributed by atoms with E-state index in [-0.39, 0.29) is 12.8 Å². The quantitative estimate of drug-likeness (QED) is 0.263. The molecule has 0 aliphatic heterocycles. The van der Waals surface area contributed by atoms with Crippen LogP contribution in [-0.2, 0) is 19.1 Å². The number of hydrogen-bond donors (Lipinski definition) is 3. The highest BCUT2D eigenvalue weighted by molar-refractivity contribution is 5.99. The van der Waals surface area contributed by atoms with Gasteiger partial charge in [-0.2, -0.15) is 0 Å². The maximum Gasteiger partial charge on any atom is 0.408 e. The second kappa shape index (κ2) is 16.0. The number of benzene rings is 2. The van der Waals surface area contributed by atoms with Gasteiger partial charge in [0.2, 0.25) is 11.8 Å². The summed E-state index contributed by atoms with van der Waals surface area (Å²) in [5, 5.41) is 5.60. The third-order valence-electron chi connectivity index (χ3n) is 6.80. The Morgan fingerprint density at radius 2 is 1.60 bits per heavy atom. The number of carbonyl (C=O) groups excluding carboxylic acids is 4. The van der Waals surface area contributed by atoms with Gasteiger partial charge in [0.1, 0.15) is 23.4 Å². The highest BCUT2D eigenvalue weighted by Gasteiger charge is 2.39. The molecule has 0 bridgehead atoms. The number of rotatable bonds is 14. The Bertz CT molecular complexity index is 1240. The van der Waals surface area contributed by atoms with Gasteiger partial charge in [-0.1, -0.05) is 43.7 Å². The summed E-state index contributed by atoms with van der Waals surface area (Å²) in [6.07, 6.45) is 0.405. The molecular weight excluding hydrogens is 548 g/mol. The van der Waals surface area contributed by atoms with Gasteiger partial charge in [-0.3, -0.25) is 14.4 Å². The molecule has 0 aromatic heterocycles. The smallest absolute Gasteiger partial charge is 0.408 e. The lowest BCUT2D eigenvalue weighted by Crippen LogP contribution is -2.55. The summed E-state index contributed by atoms with van der Waals surface area (Å²) in [5.41, 5.74) is 6.68. The van der Waals surface area contributed by atoms with Gasteiger partial charge < -0.3 is 30.7 Å². The van der Waals surface area contributed by atoms with Crippen LogP contribution < -0.4 is 21.1 Å². The van der Waals surface area contributed by atoms with Crippen LogP contribution in [0.1, 0.15) is 84.4 Å². The molecule has 4 N–H and O–H groups in total. The number of nitrogens with one attached hydrogen (secondary N) is 2. The molecule has 10 heteroatoms. The van der Waals surface area contributed by atoms with Crippen LogP contribution in [0.15, 0.2) is 48.5 Å². The van der Waals surface area contributed by atoms with E-state index in [1.807, 2.05) is 32.0 Å². The van der Waals surface area contributed by atoms with Crippen LogP contribution in [0.3, 0.4) is 0 Å². The van der Waals surface area contributed by atoms with Gasteiger partial charge in [-0.15, -0.1) is 0 Å². The van der Waals surface area contributed by atoms with Crippen LogP contribution in [0.5, 0.6) is 5.75 Å². The minimum absolute atomic E-state index is 0.0541. The highest BCUT2D eigenvalue weighted by Crippen LogP contribution is 2.30. The SMILES string of the molecule is COc1ccc(NC(=O)C(c2cccc(C)c2)N(C(=O)C(CCC(N)=O)NC(=O)OC(C)(C)C)C(C)CCC(C)C)cc1. The Hall–Kier alpha value is -4.08. The van der Waals surface area contributed by atoms with Gasteiger partial charge in [-0.05, 0) is 89.6 Å². The van der Waals surface area contributed by atoms with Crippen molar-refractivity contribution in [1.82, 2.24) is 10.2 Å². The van der Waals surface area contributed by atoms with E-state index in [9.17, 15) is 19.2 Å². The van der Waals surface area contributed by atoms with Crippen molar-refractivity contribution in [1.29, 1.82) is 0 Å². The predicted molar refractivity (Wildman–Crippen MR) is 168 cm³/mol. The van der Waals surface area contributed by atoms with Crippen molar-refractivity contribution in [3.8, 4) is 5.75 Å². The molecule has 10 nitrogen and oxygen atoms in total. The molecule has 0 saturated heterocycles. The molecule has 4 amide bonds. The largest absolute Gasteiger partial charge is 0.497 e. The van der Waals surface area contributed by atoms with Crippen molar-refractivity contribution >= 4 is 29.5 Å². The summed E-state index contributed by atoms with van der Waals surface area (Å²) in [7, 11) is 1.56. The highest BCUT2D eigenvalue weighted by atomic mass is 16.6. The summed E-state index contributed by atoms with van der Waals surface area (Å²) >= 11 is 0. The second-order valence-corrected chi connectivity index (χ2v) is 12.3. The van der Waals surface area contributed by atoms with Crippen molar-refractivity contribution in [3.05, 3.63) is 59.7 Å². The van der Waals surface area contributed by atoms with Crippen LogP contribution in [-0.4, -0.2) is 53.5 Å². The molecule has 2 aromatic rings. The molecule has 0 fully saturated rings. The van der Waals surface area contributed by atoms with Gasteiger partial charge in [0, 0.05) is 18.2 Å². The first-order valence-corrected chi connectivity index (χ1v) is 14.7. The zero-order valence-electron chi connectivity index (χ0n) is 26.7. The van der Waals surface area contributed by atoms with Gasteiger partial charge in [0.05, 0.1) is 7.11 Å². The van der Waals surface area contributed by atoms with E-state index < -0.39 is 47.5 Å². The number of nitrogens with two attached hydrogens (primary N) is 1. The molecule has 2 aromatic carbocycles. The van der Waals surface area contributed by atoms with Gasteiger partial charge >= 0.3 is 6.09 Å². The number of aryl methyl sites for hydroxylation is 1. The molecule has 3 unspecified atom stereocenters. The lowest BCUT2D eigenvalue weighted by atomic mass is 9.95. The molecular formula is C33H48N4O6. The second-order valence-electron chi connectivity index (χ2n) is 12.3. The molecule has 0 aliphatic carbocycles. The van der Waals surface area contributed by atoms with Crippen molar-refractivity contribution in [2.75, 3.05) is 12.4 Å². The standard InChI is InChI=1S/C33H48N4O6/c1-21(2)12-13-23(4)37(31(40)27(18-19-28(34)38)36-32(41)43-33(5,6)7)29(24-11-9-10-22(3)20-24)30(39)35-25-14-16-26(42-8)17-15-25/h9-11,14-17,20-21,23,27,29H,12-13,18-19H2,1-8H3,(H2,34,38)(H,35,39)(H,36,41). The van der Waals surface area contributed by atoms with E-state index >= 15 is 0 Å². The van der Waals surface area contributed by atoms with Gasteiger partial charge in [0.15, 0.2) is 0 Å². The summed E-state index contributed by atoms with van der Waals surface area (Å²) < 4.78 is 10.7. The molecule has 236 valence electrons. The molecule has 0 spiro atoms. The summed E-state index contributed by atoms with van der Waals surface area (Å²) in [6, 6.07) is 11.7. The minimum atomic E-state index is -1.16. The topological polar surface area (TPSA) is 140 Å². The van der Waals surface area contributed by atoms with Gasteiger partial charge in [0.25, 0.3) is 5.91 Å². The Kier molecular flexibility index (Phi) is 13.0. The van der Waals surface area contributed by atoms with E-state index in [0.717, 1.165) is 12.0 Å². The van der Waals surface area contributed by atoms with Crippen LogP contribution in [0, 0.1) is 12.8 Å². The van der Waals surface area contributed by atoms with Crippen molar-refractivity contribution in [2.24, 2.45) is 11.7 Å². The average Bonchev–Trinajstić information content (AvgIpc) is 2.91. The minimum Gasteiger partial charge on any atom is -0.497 e. The Morgan fingerprint density at radius 3 is 2.14 bits per heavy atom. The molecule has 43 heavy (non-hydrogen) atoms. The molecule has 0 saturated carbocycles. The average molecular weight is 597 g/mol. The number of ether oxygens (including phenoxy) is 2. The van der Waals surface area contributed by atoms with Gasteiger partial charge in [-0.25, -0.2) is 4.79 Å². The van der Waals surface area contributed by atoms with E-state index in [0.29, 0.717) is 29.3 Å². The van der Waals surface area contributed by atoms with Crippen LogP contribution in [0.4, 0.5) is 10.5 Å². The number of carbonyl (C=O) groups is 4. The summed E-state index contributed by atoms with van der Waals surface area (Å²) in [4.78, 5) is 54.7. The predicted octanol–water partition coefficient (Wildman–Crippen LogP) is 5.50. The third-order valence-corrected chi connectivity index (χ3v) is 6.80. The van der Waals surface area contributed by atoms with Crippen LogP contribution >= 0.6 is 0 Å². The van der Waals surface area contributed by atoms with Crippen molar-refractivity contribution in [3.63, 3.8) is 0 Å². The zero-order chi connectivity index (χ0) is 32.3. The monoisotopic (exact) mass is 596 g/mol. The maximum absolute atomic E-state index is 14.5. The fraction of sp³-hybridized carbons (Fsp3) is 0.515. The third kappa shape index (κ3) is 11.6. The van der Waals surface area contributed by atoms with Crippen LogP contribution in [0.25, 0.3) is 0 Å². The van der Waals surface area contributed by atoms with Crippen molar-refractivity contribution in [2.45, 2.75) is 97.9 Å². The molecule has 0 heterocycles. The van der Waals surface area contributed by atoms with Crippen molar-refractivity contribution < 1.29 is 28.7 Å². The lowest BCUT2D eigenvalue weighted by Gasteiger charge is -2.39. The molecule has 2 rings (SSSR count). The number of primary amides is 1. The number of anilines is 1. The number of amides is 4. The van der Waals surface area contributed by atoms with E-state index in [2.05, 4.69) is 24.5 Å². The fourth-order valence-corrected chi connectivity index (χ4v) is 4.65. The van der Waals surface area contributed by atoms with E-state index in [1.54, 1.807) is 58.2 Å². The number of methoxy groups -OCH3 is 1. The Morgan fingerprint density at radius 1 is 0.953 bits per heavy atom. The molecule has 3 atom stereocenters. The molecule has 0 radical (unpaired) electrons. The normalized spacial score (nSPS) is 13.4. The van der Waals surface area contributed by atoms with E-state index in [4.69, 9.17) is 15.2 Å².